The van der Waals surface area contributed by atoms with Crippen LogP contribution in [0.25, 0.3) is 0 Å². The number of carbonyl (C=O) groups is 7. The van der Waals surface area contributed by atoms with Crippen LogP contribution in [-0.4, -0.2) is 134 Å². The Labute approximate surface area is 283 Å². The molecule has 0 aromatic carbocycles. The predicted molar refractivity (Wildman–Crippen MR) is 159 cm³/mol. The van der Waals surface area contributed by atoms with E-state index in [1.807, 2.05) is 0 Å². The van der Waals surface area contributed by atoms with Gasteiger partial charge in [-0.2, -0.15) is 0 Å². The number of carbonyl (C=O) groups excluding carboxylic acids is 5. The first-order chi connectivity index (χ1) is 23.2. The van der Waals surface area contributed by atoms with E-state index in [0.717, 1.165) is 0 Å². The van der Waals surface area contributed by atoms with Gasteiger partial charge in [-0.15, -0.1) is 0 Å². The van der Waals surface area contributed by atoms with Crippen LogP contribution in [0, 0.1) is 10.8 Å². The highest BCUT2D eigenvalue weighted by Gasteiger charge is 2.79. The fourth-order valence-corrected chi connectivity index (χ4v) is 3.07. The standard InChI is InChI=1S/C25H32O17.C4H6O4/c1-6-16(30)38-21(37-15-22(11-26,12-27)13-28)23(14-29,24(35,39-17(31)7-2)40-18(32)8-3)25(36,41-19(33)9-4)42-20(34)10-5;5-3(6)1-2-4(7)8/h6-10,21,26-29,35-36H,1-5,11-15H2;1-2H2,(H,5,6)(H,7,8). The lowest BCUT2D eigenvalue weighted by Gasteiger charge is -2.50. The quantitative estimate of drug-likeness (QED) is 0.0228. The molecule has 1 atom stereocenters. The predicted octanol–water partition coefficient (Wildman–Crippen LogP) is -2.85. The fourth-order valence-electron chi connectivity index (χ4n) is 3.07. The van der Waals surface area contributed by atoms with Gasteiger partial charge in [0.25, 0.3) is 5.41 Å². The van der Waals surface area contributed by atoms with Crippen molar-refractivity contribution in [1.82, 2.24) is 0 Å². The van der Waals surface area contributed by atoms with Crippen molar-refractivity contribution >= 4 is 41.8 Å². The number of rotatable bonds is 23. The maximum absolute atomic E-state index is 12.4. The van der Waals surface area contributed by atoms with Gasteiger partial charge in [-0.1, -0.05) is 32.9 Å². The molecule has 0 aliphatic carbocycles. The van der Waals surface area contributed by atoms with Crippen molar-refractivity contribution in [2.45, 2.75) is 31.1 Å². The third-order valence-electron chi connectivity index (χ3n) is 5.89. The van der Waals surface area contributed by atoms with Crippen LogP contribution in [0.1, 0.15) is 12.8 Å². The fraction of sp³-hybridized carbons (Fsp3) is 0.414. The van der Waals surface area contributed by atoms with E-state index in [1.165, 1.54) is 0 Å². The number of hydrogen-bond acceptors (Lipinski definition) is 19. The van der Waals surface area contributed by atoms with Crippen LogP contribution < -0.4 is 0 Å². The summed E-state index contributed by atoms with van der Waals surface area (Å²) in [6.07, 6.45) is -1.66. The van der Waals surface area contributed by atoms with Crippen LogP contribution in [0.5, 0.6) is 0 Å². The molecule has 0 aliphatic rings. The van der Waals surface area contributed by atoms with Crippen LogP contribution in [0.3, 0.4) is 0 Å². The topological polar surface area (TPSA) is 337 Å². The molecule has 0 rings (SSSR count). The first-order valence-corrected chi connectivity index (χ1v) is 13.4. The zero-order valence-corrected chi connectivity index (χ0v) is 26.3. The van der Waals surface area contributed by atoms with E-state index >= 15 is 0 Å². The first kappa shape index (κ1) is 46.8. The molecule has 0 heterocycles. The summed E-state index contributed by atoms with van der Waals surface area (Å²) >= 11 is 0. The van der Waals surface area contributed by atoms with Gasteiger partial charge in [0.2, 0.25) is 6.29 Å². The van der Waals surface area contributed by atoms with Crippen LogP contribution in [0.2, 0.25) is 0 Å². The van der Waals surface area contributed by atoms with Gasteiger partial charge in [0.15, 0.2) is 0 Å². The summed E-state index contributed by atoms with van der Waals surface area (Å²) in [5.74, 6) is -18.9. The molecule has 21 heteroatoms. The Hall–Kier alpha value is -5.29. The van der Waals surface area contributed by atoms with Crippen molar-refractivity contribution in [3.05, 3.63) is 63.3 Å². The highest BCUT2D eigenvalue weighted by atomic mass is 16.9. The maximum Gasteiger partial charge on any atom is 0.399 e. The number of hydrogen-bond donors (Lipinski definition) is 8. The smallest absolute Gasteiger partial charge is 0.399 e. The number of esters is 5. The first-order valence-electron chi connectivity index (χ1n) is 13.4. The van der Waals surface area contributed by atoms with Gasteiger partial charge in [0.1, 0.15) is 0 Å². The molecule has 0 bridgehead atoms. The number of carboxylic acids is 2. The molecular weight excluding hydrogens is 684 g/mol. The van der Waals surface area contributed by atoms with Crippen LogP contribution in [0.15, 0.2) is 63.3 Å². The lowest BCUT2D eigenvalue weighted by atomic mass is 9.80. The lowest BCUT2D eigenvalue weighted by molar-refractivity contribution is -0.507. The van der Waals surface area contributed by atoms with E-state index in [-0.39, 0.29) is 12.8 Å². The van der Waals surface area contributed by atoms with Crippen LogP contribution >= 0.6 is 0 Å². The molecule has 0 aromatic rings. The molecule has 0 saturated heterocycles. The number of carboxylic acid groups (broad SMARTS) is 2. The molecule has 0 saturated carbocycles. The molecule has 1 unspecified atom stereocenters. The Balaban J connectivity index is 0. The molecular formula is C29H38O21. The van der Waals surface area contributed by atoms with Gasteiger partial charge in [0.05, 0.1) is 51.3 Å². The van der Waals surface area contributed by atoms with Gasteiger partial charge in [-0.25, -0.2) is 24.0 Å². The number of aliphatic carboxylic acids is 2. The van der Waals surface area contributed by atoms with Gasteiger partial charge in [-0.3, -0.25) is 9.59 Å². The molecule has 50 heavy (non-hydrogen) atoms. The Kier molecular flexibility index (Phi) is 20.3. The van der Waals surface area contributed by atoms with Crippen molar-refractivity contribution in [2.24, 2.45) is 10.8 Å². The summed E-state index contributed by atoms with van der Waals surface area (Å²) in [5.41, 5.74) is -5.92. The third-order valence-corrected chi connectivity index (χ3v) is 5.89. The summed E-state index contributed by atoms with van der Waals surface area (Å²) in [7, 11) is 0. The van der Waals surface area contributed by atoms with Crippen molar-refractivity contribution in [3.63, 3.8) is 0 Å². The van der Waals surface area contributed by atoms with Crippen molar-refractivity contribution in [3.8, 4) is 0 Å². The Morgan fingerprint density at radius 2 is 0.840 bits per heavy atom. The summed E-state index contributed by atoms with van der Waals surface area (Å²) in [4.78, 5) is 80.9. The van der Waals surface area contributed by atoms with Gasteiger partial charge in [-0.05, 0) is 0 Å². The molecule has 280 valence electrons. The largest absolute Gasteiger partial charge is 0.481 e. The van der Waals surface area contributed by atoms with E-state index in [2.05, 4.69) is 32.9 Å². The molecule has 0 radical (unpaired) electrons. The highest BCUT2D eigenvalue weighted by molar-refractivity contribution is 5.85. The summed E-state index contributed by atoms with van der Waals surface area (Å²) in [5, 5.41) is 78.8. The number of ether oxygens (including phenoxy) is 6. The number of aliphatic hydroxyl groups excluding tert-OH is 4. The van der Waals surface area contributed by atoms with E-state index in [9.17, 15) is 64.2 Å². The summed E-state index contributed by atoms with van der Waals surface area (Å²) < 4.78 is 29.1. The van der Waals surface area contributed by atoms with Crippen molar-refractivity contribution in [2.75, 3.05) is 33.0 Å². The second-order valence-electron chi connectivity index (χ2n) is 9.34. The summed E-state index contributed by atoms with van der Waals surface area (Å²) in [6.45, 7) is 9.14. The van der Waals surface area contributed by atoms with E-state index < -0.39 is 104 Å². The lowest BCUT2D eigenvalue weighted by Crippen LogP contribution is -2.75. The number of aliphatic hydroxyl groups is 6. The average Bonchev–Trinajstić information content (AvgIpc) is 3.07. The molecule has 0 spiro atoms. The van der Waals surface area contributed by atoms with Gasteiger partial charge < -0.3 is 69.3 Å². The highest BCUT2D eigenvalue weighted by Crippen LogP contribution is 2.50. The maximum atomic E-state index is 12.4. The average molecular weight is 723 g/mol. The van der Waals surface area contributed by atoms with E-state index in [1.54, 1.807) is 0 Å². The second-order valence-corrected chi connectivity index (χ2v) is 9.34. The SMILES string of the molecule is C=CC(=O)OC(OCC(CO)(CO)CO)C(CO)(C(O)(OC(=O)C=C)OC(=O)C=C)C(O)(OC(=O)C=C)OC(=O)C=C.O=C(O)CCC(=O)O. The van der Waals surface area contributed by atoms with E-state index in [4.69, 9.17) is 38.6 Å². The summed E-state index contributed by atoms with van der Waals surface area (Å²) in [6, 6.07) is 0. The normalized spacial score (nSPS) is 11.9. The monoisotopic (exact) mass is 722 g/mol. The molecule has 0 aromatic heterocycles. The van der Waals surface area contributed by atoms with Gasteiger partial charge >= 0.3 is 53.7 Å². The molecule has 21 nitrogen and oxygen atoms in total. The second kappa shape index (κ2) is 21.6. The molecule has 0 amide bonds. The zero-order valence-electron chi connectivity index (χ0n) is 26.3. The molecule has 0 aliphatic heterocycles. The minimum absolute atomic E-state index is 0.296. The minimum Gasteiger partial charge on any atom is -0.481 e. The zero-order chi connectivity index (χ0) is 39.3. The van der Waals surface area contributed by atoms with Crippen molar-refractivity contribution in [1.29, 1.82) is 0 Å². The van der Waals surface area contributed by atoms with Gasteiger partial charge in [0, 0.05) is 30.4 Å². The van der Waals surface area contributed by atoms with Crippen LogP contribution in [-0.2, 0) is 62.0 Å². The van der Waals surface area contributed by atoms with E-state index in [0.29, 0.717) is 30.4 Å². The Morgan fingerprint density at radius 1 is 0.540 bits per heavy atom. The molecule has 0 fully saturated rings. The third kappa shape index (κ3) is 13.0. The minimum atomic E-state index is -4.25. The van der Waals surface area contributed by atoms with Crippen molar-refractivity contribution < 1.29 is 103 Å². The molecule has 8 N–H and O–H groups in total. The Bertz CT molecular complexity index is 1160. The van der Waals surface area contributed by atoms with Crippen LogP contribution in [0.4, 0.5) is 0 Å². The Morgan fingerprint density at radius 3 is 1.06 bits per heavy atom.